The second-order valence-electron chi connectivity index (χ2n) is 6.18. The SMILES string of the molecule is C=CCCCCC(=C)O[Si](C)(C)C(C)(C)C.CC.IB(I)I. The minimum atomic E-state index is -1.66. The Labute approximate surface area is 181 Å². The summed E-state index contributed by atoms with van der Waals surface area (Å²) >= 11 is 6.95. The van der Waals surface area contributed by atoms with Crippen molar-refractivity contribution in [1.82, 2.24) is 0 Å². The number of halogens is 3. The van der Waals surface area contributed by atoms with E-state index in [1.807, 2.05) is 19.9 Å². The van der Waals surface area contributed by atoms with Crippen LogP contribution in [0.2, 0.25) is 18.1 Å². The highest BCUT2D eigenvalue weighted by Crippen LogP contribution is 2.38. The predicted octanol–water partition coefficient (Wildman–Crippen LogP) is 8.57. The summed E-state index contributed by atoms with van der Waals surface area (Å²) in [6.45, 7) is 23.1. The minimum Gasteiger partial charge on any atom is -0.547 e. The predicted molar refractivity (Wildman–Crippen MR) is 135 cm³/mol. The van der Waals surface area contributed by atoms with Gasteiger partial charge in [-0.3, -0.25) is 0 Å². The largest absolute Gasteiger partial charge is 0.547 e. The molecule has 0 rings (SSSR count). The Kier molecular flexibility index (Phi) is 21.1. The summed E-state index contributed by atoms with van der Waals surface area (Å²) < 4.78 is 6.84. The smallest absolute Gasteiger partial charge is 0.355 e. The van der Waals surface area contributed by atoms with Crippen molar-refractivity contribution < 1.29 is 4.43 Å². The molecule has 0 radical (unpaired) electrons. The van der Waals surface area contributed by atoms with Crippen LogP contribution in [0.4, 0.5) is 0 Å². The fourth-order valence-electron chi connectivity index (χ4n) is 1.18. The van der Waals surface area contributed by atoms with Gasteiger partial charge >= 0.3 is 0.282 Å². The van der Waals surface area contributed by atoms with Crippen molar-refractivity contribution in [2.75, 3.05) is 0 Å². The van der Waals surface area contributed by atoms with Crippen molar-refractivity contribution in [3.8, 4) is 0 Å². The molecule has 0 saturated heterocycles. The van der Waals surface area contributed by atoms with Gasteiger partial charge in [-0.1, -0.05) is 47.3 Å². The molecule has 0 spiro atoms. The fraction of sp³-hybridized carbons (Fsp3) is 0.750. The standard InChI is InChI=1S/C14H28OSi.C2H6.BI3/c1-8-9-10-11-12-13(2)15-16(6,7)14(3,4)5;1-2;2-1(3)4/h8H,1-2,9-12H2,3-7H3;1-2H3;. The number of allylic oxidation sites excluding steroid dienone is 2. The molecular weight excluding hydrogens is 628 g/mol. The molecule has 0 aromatic heterocycles. The zero-order valence-electron chi connectivity index (χ0n) is 15.4. The lowest BCUT2D eigenvalue weighted by molar-refractivity contribution is 0.364. The highest BCUT2D eigenvalue weighted by atomic mass is 127. The molecule has 0 amide bonds. The zero-order valence-corrected chi connectivity index (χ0v) is 22.9. The maximum absolute atomic E-state index is 6.10. The molecule has 6 heteroatoms. The summed E-state index contributed by atoms with van der Waals surface area (Å²) in [5.74, 6) is 0.968. The van der Waals surface area contributed by atoms with E-state index in [1.165, 1.54) is 6.42 Å². The first-order chi connectivity index (χ1) is 9.94. The molecule has 0 unspecified atom stereocenters. The average molecular weight is 662 g/mol. The van der Waals surface area contributed by atoms with Gasteiger partial charge in [0.25, 0.3) is 0 Å². The van der Waals surface area contributed by atoms with Gasteiger partial charge in [-0.05, 0) is 37.4 Å². The molecule has 0 aromatic rings. The first-order valence-electron chi connectivity index (χ1n) is 7.84. The van der Waals surface area contributed by atoms with Crippen molar-refractivity contribution >= 4 is 75.7 Å². The van der Waals surface area contributed by atoms with Crippen LogP contribution in [0.25, 0.3) is 0 Å². The Balaban J connectivity index is -0.000000516. The van der Waals surface area contributed by atoms with Crippen LogP contribution in [0.5, 0.6) is 0 Å². The van der Waals surface area contributed by atoms with Crippen LogP contribution >= 0.6 is 67.1 Å². The van der Waals surface area contributed by atoms with Gasteiger partial charge in [0.1, 0.15) is 0 Å². The summed E-state index contributed by atoms with van der Waals surface area (Å²) in [5.41, 5.74) is 0. The maximum atomic E-state index is 6.10. The Morgan fingerprint density at radius 1 is 1.14 bits per heavy atom. The molecule has 22 heavy (non-hydrogen) atoms. The summed E-state index contributed by atoms with van der Waals surface area (Å²) in [6, 6.07) is 0. The lowest BCUT2D eigenvalue weighted by Gasteiger charge is -2.37. The average Bonchev–Trinajstić information content (AvgIpc) is 2.34. The van der Waals surface area contributed by atoms with Gasteiger partial charge < -0.3 is 4.43 Å². The topological polar surface area (TPSA) is 9.23 Å². The number of hydrogen-bond acceptors (Lipinski definition) is 1. The van der Waals surface area contributed by atoms with E-state index in [-0.39, 0.29) is 5.04 Å². The molecule has 0 N–H and O–H groups in total. The fourth-order valence-corrected chi connectivity index (χ4v) is 2.31. The van der Waals surface area contributed by atoms with Crippen LogP contribution < -0.4 is 0 Å². The quantitative estimate of drug-likeness (QED) is 0.0874. The Bertz CT molecular complexity index is 287. The van der Waals surface area contributed by atoms with E-state index in [4.69, 9.17) is 4.43 Å². The van der Waals surface area contributed by atoms with Crippen molar-refractivity contribution in [3.63, 3.8) is 0 Å². The van der Waals surface area contributed by atoms with E-state index >= 15 is 0 Å². The van der Waals surface area contributed by atoms with Crippen LogP contribution in [0.15, 0.2) is 25.0 Å². The number of rotatable bonds is 7. The van der Waals surface area contributed by atoms with Gasteiger partial charge in [0, 0.05) is 6.42 Å². The van der Waals surface area contributed by atoms with Gasteiger partial charge in [0.15, 0.2) is 0 Å². The molecule has 0 fully saturated rings. The molecule has 0 aromatic carbocycles. The third-order valence-electron chi connectivity index (χ3n) is 3.32. The maximum Gasteiger partial charge on any atom is 0.355 e. The van der Waals surface area contributed by atoms with Crippen LogP contribution in [0.3, 0.4) is 0 Å². The minimum absolute atomic E-state index is 0.261. The highest BCUT2D eigenvalue weighted by molar-refractivity contribution is 14.4. The second kappa shape index (κ2) is 16.2. The first kappa shape index (κ1) is 28.6. The molecule has 0 heterocycles. The molecule has 0 aliphatic rings. The Hall–Kier alpha value is 1.75. The third-order valence-corrected chi connectivity index (χ3v) is 7.73. The molecule has 132 valence electrons. The third kappa shape index (κ3) is 19.8. The van der Waals surface area contributed by atoms with E-state index in [0.29, 0.717) is 0 Å². The van der Waals surface area contributed by atoms with Crippen LogP contribution in [0, 0.1) is 0 Å². The lowest BCUT2D eigenvalue weighted by atomic mass is 10.2. The van der Waals surface area contributed by atoms with E-state index < -0.39 is 8.32 Å². The second-order valence-corrected chi connectivity index (χ2v) is 21.8. The zero-order chi connectivity index (χ0) is 18.4. The molecule has 0 aliphatic carbocycles. The van der Waals surface area contributed by atoms with Crippen molar-refractivity contribution in [3.05, 3.63) is 25.0 Å². The molecular formula is C16H34BI3OSi. The van der Waals surface area contributed by atoms with Crippen molar-refractivity contribution in [1.29, 1.82) is 0 Å². The first-order valence-corrected chi connectivity index (χ1v) is 14.5. The summed E-state index contributed by atoms with van der Waals surface area (Å²) in [7, 11) is -1.66. The molecule has 1 nitrogen and oxygen atoms in total. The Morgan fingerprint density at radius 3 is 1.86 bits per heavy atom. The molecule has 0 aliphatic heterocycles. The van der Waals surface area contributed by atoms with Gasteiger partial charge in [-0.25, -0.2) is 0 Å². The van der Waals surface area contributed by atoms with Gasteiger partial charge in [-0.15, -0.1) is 73.7 Å². The van der Waals surface area contributed by atoms with Gasteiger partial charge in [0.05, 0.1) is 5.76 Å². The van der Waals surface area contributed by atoms with Crippen LogP contribution in [-0.2, 0) is 4.43 Å². The molecule has 0 bridgehead atoms. The van der Waals surface area contributed by atoms with Crippen LogP contribution in [-0.4, -0.2) is 8.60 Å². The van der Waals surface area contributed by atoms with E-state index in [1.54, 1.807) is 0 Å². The van der Waals surface area contributed by atoms with Gasteiger partial charge in [0.2, 0.25) is 8.32 Å². The monoisotopic (exact) mass is 662 g/mol. The summed E-state index contributed by atoms with van der Waals surface area (Å²) in [4.78, 5) is 0. The van der Waals surface area contributed by atoms with E-state index in [0.717, 1.165) is 25.3 Å². The summed E-state index contributed by atoms with van der Waals surface area (Å²) in [6.07, 6.45) is 6.38. The number of unbranched alkanes of at least 4 members (excludes halogenated alkanes) is 2. The van der Waals surface area contributed by atoms with E-state index in [9.17, 15) is 0 Å². The highest BCUT2D eigenvalue weighted by Gasteiger charge is 2.38. The van der Waals surface area contributed by atoms with Crippen molar-refractivity contribution in [2.24, 2.45) is 0 Å². The normalized spacial score (nSPS) is 10.5. The van der Waals surface area contributed by atoms with E-state index in [2.05, 4.69) is 114 Å². The summed E-state index contributed by atoms with van der Waals surface area (Å²) in [5, 5.41) is 0.261. The molecule has 0 atom stereocenters. The Morgan fingerprint density at radius 2 is 1.55 bits per heavy atom. The molecule has 0 saturated carbocycles. The lowest BCUT2D eigenvalue weighted by Crippen LogP contribution is -2.40. The van der Waals surface area contributed by atoms with Crippen molar-refractivity contribution in [2.45, 2.75) is 78.4 Å². The van der Waals surface area contributed by atoms with Crippen LogP contribution in [0.1, 0.15) is 60.3 Å². The number of hydrogen-bond donors (Lipinski definition) is 0. The van der Waals surface area contributed by atoms with Gasteiger partial charge in [-0.2, -0.15) is 0 Å².